The van der Waals surface area contributed by atoms with E-state index in [9.17, 15) is 0 Å². The van der Waals surface area contributed by atoms with Crippen molar-refractivity contribution in [1.82, 2.24) is 13.7 Å². The van der Waals surface area contributed by atoms with Crippen molar-refractivity contribution in [3.8, 4) is 11.3 Å². The van der Waals surface area contributed by atoms with E-state index in [1.807, 2.05) is 18.3 Å². The Balaban J connectivity index is 1.93. The number of nitrogens with zero attached hydrogens (tertiary/aromatic N) is 4. The molecule has 0 radical (unpaired) electrons. The first-order chi connectivity index (χ1) is 8.45. The second kappa shape index (κ2) is 4.77. The van der Waals surface area contributed by atoms with E-state index in [2.05, 4.69) is 18.6 Å². The van der Waals surface area contributed by atoms with Crippen molar-refractivity contribution in [2.75, 3.05) is 31.2 Å². The van der Waals surface area contributed by atoms with Crippen LogP contribution in [-0.2, 0) is 4.74 Å². The monoisotopic (exact) mass is 248 g/mol. The van der Waals surface area contributed by atoms with Crippen LogP contribution in [0.4, 0.5) is 5.82 Å². The van der Waals surface area contributed by atoms with E-state index in [1.165, 1.54) is 11.7 Å². The molecular weight excluding hydrogens is 236 g/mol. The van der Waals surface area contributed by atoms with E-state index in [-0.39, 0.29) is 0 Å². The van der Waals surface area contributed by atoms with Gasteiger partial charge in [0.05, 0.1) is 24.9 Å². The smallest absolute Gasteiger partial charge is 0.170 e. The van der Waals surface area contributed by atoms with Gasteiger partial charge in [0.1, 0.15) is 5.69 Å². The van der Waals surface area contributed by atoms with Crippen molar-refractivity contribution in [1.29, 1.82) is 0 Å². The Morgan fingerprint density at radius 3 is 2.88 bits per heavy atom. The van der Waals surface area contributed by atoms with Gasteiger partial charge < -0.3 is 9.64 Å². The summed E-state index contributed by atoms with van der Waals surface area (Å²) in [5.74, 6) is 0.950. The first-order valence-corrected chi connectivity index (χ1v) is 6.24. The highest BCUT2D eigenvalue weighted by Crippen LogP contribution is 2.28. The zero-order valence-corrected chi connectivity index (χ0v) is 10.1. The SMILES string of the molecule is c1cncc(-c2nsnc2N2CCOCC2)c1. The van der Waals surface area contributed by atoms with Gasteiger partial charge in [0.25, 0.3) is 0 Å². The van der Waals surface area contributed by atoms with E-state index in [0.29, 0.717) is 0 Å². The van der Waals surface area contributed by atoms with Gasteiger partial charge in [-0.15, -0.1) is 0 Å². The van der Waals surface area contributed by atoms with Gasteiger partial charge >= 0.3 is 0 Å². The quantitative estimate of drug-likeness (QED) is 0.805. The van der Waals surface area contributed by atoms with Crippen LogP contribution in [0.1, 0.15) is 0 Å². The van der Waals surface area contributed by atoms with E-state index in [0.717, 1.165) is 43.4 Å². The van der Waals surface area contributed by atoms with E-state index in [1.54, 1.807) is 6.20 Å². The van der Waals surface area contributed by atoms with Crippen LogP contribution in [0.2, 0.25) is 0 Å². The van der Waals surface area contributed by atoms with Gasteiger partial charge in [0.2, 0.25) is 0 Å². The minimum absolute atomic E-state index is 0.754. The summed E-state index contributed by atoms with van der Waals surface area (Å²) in [6.07, 6.45) is 3.58. The summed E-state index contributed by atoms with van der Waals surface area (Å²) >= 11 is 1.24. The number of ether oxygens (including phenoxy) is 1. The molecule has 1 aliphatic rings. The maximum Gasteiger partial charge on any atom is 0.170 e. The third-order valence-corrected chi connectivity index (χ3v) is 3.24. The van der Waals surface area contributed by atoms with Crippen molar-refractivity contribution < 1.29 is 4.74 Å². The third-order valence-electron chi connectivity index (χ3n) is 2.72. The Bertz CT molecular complexity index is 481. The number of aromatic nitrogens is 3. The molecule has 3 heterocycles. The second-order valence-electron chi connectivity index (χ2n) is 3.78. The molecule has 0 N–H and O–H groups in total. The molecule has 0 aliphatic carbocycles. The molecule has 5 nitrogen and oxygen atoms in total. The van der Waals surface area contributed by atoms with Gasteiger partial charge in [-0.05, 0) is 12.1 Å². The van der Waals surface area contributed by atoms with E-state index >= 15 is 0 Å². The van der Waals surface area contributed by atoms with Crippen molar-refractivity contribution >= 4 is 17.5 Å². The highest BCUT2D eigenvalue weighted by atomic mass is 32.1. The lowest BCUT2D eigenvalue weighted by molar-refractivity contribution is 0.122. The van der Waals surface area contributed by atoms with Gasteiger partial charge in [-0.2, -0.15) is 8.75 Å². The lowest BCUT2D eigenvalue weighted by Crippen LogP contribution is -2.36. The molecule has 1 aliphatic heterocycles. The summed E-state index contributed by atoms with van der Waals surface area (Å²) in [6, 6.07) is 3.92. The van der Waals surface area contributed by atoms with Crippen molar-refractivity contribution in [2.45, 2.75) is 0 Å². The van der Waals surface area contributed by atoms with Gasteiger partial charge in [0, 0.05) is 31.0 Å². The molecule has 0 unspecified atom stereocenters. The molecule has 17 heavy (non-hydrogen) atoms. The summed E-state index contributed by atoms with van der Waals surface area (Å²) in [5.41, 5.74) is 1.94. The van der Waals surface area contributed by atoms with Gasteiger partial charge in [0.15, 0.2) is 5.82 Å². The Kier molecular flexibility index (Phi) is 2.98. The van der Waals surface area contributed by atoms with E-state index in [4.69, 9.17) is 4.74 Å². The summed E-state index contributed by atoms with van der Waals surface area (Å²) in [5, 5.41) is 0. The number of hydrogen-bond donors (Lipinski definition) is 0. The summed E-state index contributed by atoms with van der Waals surface area (Å²) in [7, 11) is 0. The van der Waals surface area contributed by atoms with Crippen molar-refractivity contribution in [3.05, 3.63) is 24.5 Å². The predicted octanol–water partition coefficient (Wildman–Crippen LogP) is 1.44. The molecule has 0 aromatic carbocycles. The highest BCUT2D eigenvalue weighted by Gasteiger charge is 2.19. The molecule has 6 heteroatoms. The second-order valence-corrected chi connectivity index (χ2v) is 4.31. The average Bonchev–Trinajstić information content (AvgIpc) is 2.90. The molecule has 1 saturated heterocycles. The number of anilines is 1. The number of pyridine rings is 1. The van der Waals surface area contributed by atoms with Crippen LogP contribution >= 0.6 is 11.7 Å². The fourth-order valence-electron chi connectivity index (χ4n) is 1.85. The van der Waals surface area contributed by atoms with Crippen molar-refractivity contribution in [3.63, 3.8) is 0 Å². The molecule has 2 aromatic heterocycles. The summed E-state index contributed by atoms with van der Waals surface area (Å²) < 4.78 is 14.1. The molecule has 0 spiro atoms. The Labute approximate surface area is 103 Å². The van der Waals surface area contributed by atoms with Crippen LogP contribution < -0.4 is 4.90 Å². The topological polar surface area (TPSA) is 51.1 Å². The highest BCUT2D eigenvalue weighted by molar-refractivity contribution is 6.99. The van der Waals surface area contributed by atoms with Crippen LogP contribution in [0.15, 0.2) is 24.5 Å². The van der Waals surface area contributed by atoms with Crippen LogP contribution in [0.3, 0.4) is 0 Å². The van der Waals surface area contributed by atoms with Gasteiger partial charge in [-0.3, -0.25) is 4.98 Å². The predicted molar refractivity (Wildman–Crippen MR) is 66.2 cm³/mol. The largest absolute Gasteiger partial charge is 0.378 e. The minimum atomic E-state index is 0.754. The lowest BCUT2D eigenvalue weighted by Gasteiger charge is -2.27. The molecule has 3 rings (SSSR count). The Hall–Kier alpha value is -1.53. The number of hydrogen-bond acceptors (Lipinski definition) is 6. The standard InChI is InChI=1S/C11H12N4OS/c1-2-9(8-12-3-1)10-11(14-17-13-10)15-4-6-16-7-5-15/h1-3,8H,4-7H2. The molecule has 0 amide bonds. The zero-order valence-electron chi connectivity index (χ0n) is 9.24. The van der Waals surface area contributed by atoms with Gasteiger partial charge in [-0.1, -0.05) is 0 Å². The fourth-order valence-corrected chi connectivity index (χ4v) is 2.44. The maximum atomic E-state index is 5.34. The lowest BCUT2D eigenvalue weighted by atomic mass is 10.2. The van der Waals surface area contributed by atoms with Crippen molar-refractivity contribution in [2.24, 2.45) is 0 Å². The normalized spacial score (nSPS) is 16.1. The Morgan fingerprint density at radius 2 is 2.12 bits per heavy atom. The number of morpholine rings is 1. The van der Waals surface area contributed by atoms with Crippen LogP contribution in [0.5, 0.6) is 0 Å². The van der Waals surface area contributed by atoms with Crippen LogP contribution in [0.25, 0.3) is 11.3 Å². The van der Waals surface area contributed by atoms with E-state index < -0.39 is 0 Å². The first kappa shape index (κ1) is 10.6. The minimum Gasteiger partial charge on any atom is -0.378 e. The third kappa shape index (κ3) is 2.13. The molecule has 0 atom stereocenters. The average molecular weight is 248 g/mol. The maximum absolute atomic E-state index is 5.34. The number of rotatable bonds is 2. The molecule has 1 fully saturated rings. The zero-order chi connectivity index (χ0) is 11.5. The van der Waals surface area contributed by atoms with Gasteiger partial charge in [-0.25, -0.2) is 0 Å². The first-order valence-electron chi connectivity index (χ1n) is 5.51. The van der Waals surface area contributed by atoms with Crippen LogP contribution in [0, 0.1) is 0 Å². The summed E-state index contributed by atoms with van der Waals surface area (Å²) in [6.45, 7) is 3.26. The molecular formula is C11H12N4OS. The Morgan fingerprint density at radius 1 is 1.24 bits per heavy atom. The molecule has 2 aromatic rings. The fraction of sp³-hybridized carbons (Fsp3) is 0.364. The summed E-state index contributed by atoms with van der Waals surface area (Å²) in [4.78, 5) is 6.34. The molecule has 88 valence electrons. The molecule has 0 bridgehead atoms. The van der Waals surface area contributed by atoms with Crippen LogP contribution in [-0.4, -0.2) is 40.0 Å². The molecule has 0 saturated carbocycles.